The number of fused-ring (bicyclic) bond motifs is 2. The monoisotopic (exact) mass is 374 g/mol. The number of piperazine rings is 1. The molecule has 4 heterocycles. The van der Waals surface area contributed by atoms with Crippen LogP contribution in [-0.4, -0.2) is 35.1 Å². The van der Waals surface area contributed by atoms with Gasteiger partial charge in [-0.15, -0.1) is 0 Å². The van der Waals surface area contributed by atoms with Crippen molar-refractivity contribution in [1.82, 2.24) is 14.7 Å². The van der Waals surface area contributed by atoms with Crippen LogP contribution in [0, 0.1) is 6.92 Å². The van der Waals surface area contributed by atoms with Crippen molar-refractivity contribution >= 4 is 22.3 Å². The summed E-state index contributed by atoms with van der Waals surface area (Å²) in [6.07, 6.45) is 3.84. The molecule has 0 aliphatic carbocycles. The fourth-order valence-corrected chi connectivity index (χ4v) is 3.84. The van der Waals surface area contributed by atoms with Crippen LogP contribution in [0.1, 0.15) is 12.5 Å². The SMILES string of the molecule is Cc1ccn2cc(-c3cc(=O)c4cc(N5CCNC(C)C5)ccc4o3)nc2c1. The number of anilines is 1. The van der Waals surface area contributed by atoms with Gasteiger partial charge in [-0.3, -0.25) is 4.79 Å². The summed E-state index contributed by atoms with van der Waals surface area (Å²) in [6.45, 7) is 7.00. The minimum atomic E-state index is -0.0467. The second-order valence-electron chi connectivity index (χ2n) is 7.55. The Morgan fingerprint density at radius 1 is 1.21 bits per heavy atom. The van der Waals surface area contributed by atoms with Gasteiger partial charge in [-0.2, -0.15) is 0 Å². The minimum absolute atomic E-state index is 0.0467. The van der Waals surface area contributed by atoms with E-state index in [-0.39, 0.29) is 5.43 Å². The molecular formula is C22H22N4O2. The Labute approximate surface area is 162 Å². The second kappa shape index (κ2) is 6.49. The number of nitrogens with one attached hydrogen (secondary N) is 1. The van der Waals surface area contributed by atoms with Crippen LogP contribution in [0.5, 0.6) is 0 Å². The Hall–Kier alpha value is -3.12. The third-order valence-corrected chi connectivity index (χ3v) is 5.31. The first kappa shape index (κ1) is 17.0. The van der Waals surface area contributed by atoms with Crippen LogP contribution in [0.25, 0.3) is 28.1 Å². The lowest BCUT2D eigenvalue weighted by molar-refractivity contribution is 0.485. The van der Waals surface area contributed by atoms with Crippen molar-refractivity contribution < 1.29 is 4.42 Å². The number of benzene rings is 1. The van der Waals surface area contributed by atoms with Crippen LogP contribution in [0.2, 0.25) is 0 Å². The van der Waals surface area contributed by atoms with Crippen LogP contribution >= 0.6 is 0 Å². The van der Waals surface area contributed by atoms with Gasteiger partial charge >= 0.3 is 0 Å². The van der Waals surface area contributed by atoms with Crippen LogP contribution in [0.3, 0.4) is 0 Å². The highest BCUT2D eigenvalue weighted by Crippen LogP contribution is 2.26. The first-order valence-electron chi connectivity index (χ1n) is 9.59. The zero-order chi connectivity index (χ0) is 19.3. The van der Waals surface area contributed by atoms with Crippen LogP contribution in [0.4, 0.5) is 5.69 Å². The summed E-state index contributed by atoms with van der Waals surface area (Å²) in [7, 11) is 0. The quantitative estimate of drug-likeness (QED) is 0.584. The van der Waals surface area contributed by atoms with Crippen molar-refractivity contribution in [3.63, 3.8) is 0 Å². The molecule has 142 valence electrons. The van der Waals surface area contributed by atoms with Crippen molar-refractivity contribution in [1.29, 1.82) is 0 Å². The van der Waals surface area contributed by atoms with Gasteiger partial charge < -0.3 is 19.0 Å². The molecule has 0 saturated carbocycles. The van der Waals surface area contributed by atoms with E-state index < -0.39 is 0 Å². The fraction of sp³-hybridized carbons (Fsp3) is 0.273. The Kier molecular flexibility index (Phi) is 3.94. The number of nitrogens with zero attached hydrogens (tertiary/aromatic N) is 3. The lowest BCUT2D eigenvalue weighted by atomic mass is 10.1. The Morgan fingerprint density at radius 3 is 2.96 bits per heavy atom. The fourth-order valence-electron chi connectivity index (χ4n) is 3.84. The van der Waals surface area contributed by atoms with E-state index in [0.29, 0.717) is 28.5 Å². The molecule has 1 aliphatic heterocycles. The summed E-state index contributed by atoms with van der Waals surface area (Å²) in [4.78, 5) is 19.7. The van der Waals surface area contributed by atoms with Crippen LogP contribution in [0.15, 0.2) is 58.0 Å². The summed E-state index contributed by atoms with van der Waals surface area (Å²) in [5.41, 5.74) is 4.23. The average Bonchev–Trinajstić information content (AvgIpc) is 3.11. The molecule has 4 aromatic rings. The van der Waals surface area contributed by atoms with Crippen molar-refractivity contribution in [3.8, 4) is 11.5 Å². The zero-order valence-corrected chi connectivity index (χ0v) is 16.0. The Balaban J connectivity index is 1.56. The second-order valence-corrected chi connectivity index (χ2v) is 7.55. The number of aromatic nitrogens is 2. The van der Waals surface area contributed by atoms with E-state index in [2.05, 4.69) is 22.1 Å². The predicted molar refractivity (Wildman–Crippen MR) is 111 cm³/mol. The van der Waals surface area contributed by atoms with Gasteiger partial charge in [-0.05, 0) is 49.7 Å². The maximum absolute atomic E-state index is 12.8. The molecule has 0 radical (unpaired) electrons. The first-order valence-corrected chi connectivity index (χ1v) is 9.59. The normalized spacial score (nSPS) is 17.5. The molecule has 3 aromatic heterocycles. The molecule has 0 bridgehead atoms. The molecule has 6 nitrogen and oxygen atoms in total. The molecule has 1 aromatic carbocycles. The molecule has 1 atom stereocenters. The highest BCUT2D eigenvalue weighted by molar-refractivity contribution is 5.82. The highest BCUT2D eigenvalue weighted by atomic mass is 16.3. The van der Waals surface area contributed by atoms with E-state index in [0.717, 1.165) is 36.5 Å². The van der Waals surface area contributed by atoms with Crippen LogP contribution < -0.4 is 15.6 Å². The summed E-state index contributed by atoms with van der Waals surface area (Å²) in [5.74, 6) is 0.488. The smallest absolute Gasteiger partial charge is 0.193 e. The highest BCUT2D eigenvalue weighted by Gasteiger charge is 2.17. The Morgan fingerprint density at radius 2 is 2.11 bits per heavy atom. The topological polar surface area (TPSA) is 62.8 Å². The van der Waals surface area contributed by atoms with Gasteiger partial charge in [0.05, 0.1) is 5.39 Å². The van der Waals surface area contributed by atoms with Crippen molar-refractivity contribution in [3.05, 3.63) is 64.6 Å². The van der Waals surface area contributed by atoms with Gasteiger partial charge in [0.25, 0.3) is 0 Å². The third-order valence-electron chi connectivity index (χ3n) is 5.31. The van der Waals surface area contributed by atoms with E-state index in [1.807, 2.05) is 54.0 Å². The molecule has 0 amide bonds. The molecule has 1 saturated heterocycles. The van der Waals surface area contributed by atoms with Gasteiger partial charge in [0.15, 0.2) is 11.2 Å². The summed E-state index contributed by atoms with van der Waals surface area (Å²) in [5, 5.41) is 4.04. The predicted octanol–water partition coefficient (Wildman–Crippen LogP) is 3.21. The van der Waals surface area contributed by atoms with Gasteiger partial charge in [-0.25, -0.2) is 4.98 Å². The summed E-state index contributed by atoms with van der Waals surface area (Å²) >= 11 is 0. The molecule has 5 rings (SSSR count). The van der Waals surface area contributed by atoms with Crippen molar-refractivity contribution in [2.75, 3.05) is 24.5 Å². The van der Waals surface area contributed by atoms with E-state index in [1.165, 1.54) is 0 Å². The molecule has 6 heteroatoms. The standard InChI is InChI=1S/C22H22N4O2/c1-14-5-7-26-13-18(24-22(26)9-14)21-11-19(27)17-10-16(3-4-20(17)28-21)25-8-6-23-15(2)12-25/h3-5,7,9-11,13,15,23H,6,8,12H2,1-2H3. The number of imidazole rings is 1. The molecule has 1 N–H and O–H groups in total. The van der Waals surface area contributed by atoms with Gasteiger partial charge in [-0.1, -0.05) is 0 Å². The summed E-state index contributed by atoms with van der Waals surface area (Å²) in [6, 6.07) is 11.9. The van der Waals surface area contributed by atoms with Gasteiger partial charge in [0.1, 0.15) is 16.9 Å². The molecule has 28 heavy (non-hydrogen) atoms. The van der Waals surface area contributed by atoms with Crippen LogP contribution in [-0.2, 0) is 0 Å². The first-order chi connectivity index (χ1) is 13.6. The van der Waals surface area contributed by atoms with Gasteiger partial charge in [0.2, 0.25) is 0 Å². The average molecular weight is 374 g/mol. The number of hydrogen-bond donors (Lipinski definition) is 1. The van der Waals surface area contributed by atoms with Crippen molar-refractivity contribution in [2.24, 2.45) is 0 Å². The van der Waals surface area contributed by atoms with E-state index in [1.54, 1.807) is 6.07 Å². The maximum Gasteiger partial charge on any atom is 0.193 e. The molecule has 0 spiro atoms. The molecule has 1 aliphatic rings. The van der Waals surface area contributed by atoms with E-state index in [4.69, 9.17) is 4.42 Å². The maximum atomic E-state index is 12.8. The van der Waals surface area contributed by atoms with Gasteiger partial charge in [0, 0.05) is 49.8 Å². The Bertz CT molecular complexity index is 1240. The molecule has 1 unspecified atom stereocenters. The van der Waals surface area contributed by atoms with E-state index >= 15 is 0 Å². The number of aryl methyl sites for hydroxylation is 1. The lowest BCUT2D eigenvalue weighted by Crippen LogP contribution is -2.49. The number of rotatable bonds is 2. The number of pyridine rings is 1. The molecule has 1 fully saturated rings. The largest absolute Gasteiger partial charge is 0.454 e. The number of hydrogen-bond acceptors (Lipinski definition) is 5. The van der Waals surface area contributed by atoms with E-state index in [9.17, 15) is 4.79 Å². The summed E-state index contributed by atoms with van der Waals surface area (Å²) < 4.78 is 7.98. The molecular weight excluding hydrogens is 352 g/mol. The lowest BCUT2D eigenvalue weighted by Gasteiger charge is -2.33. The third kappa shape index (κ3) is 2.96. The minimum Gasteiger partial charge on any atom is -0.454 e. The zero-order valence-electron chi connectivity index (χ0n) is 16.0. The van der Waals surface area contributed by atoms with Crippen molar-refractivity contribution in [2.45, 2.75) is 19.9 Å².